The average molecular weight is 433 g/mol. The molecule has 1 atom stereocenters. The van der Waals surface area contributed by atoms with Gasteiger partial charge in [-0.15, -0.1) is 0 Å². The fourth-order valence-corrected chi connectivity index (χ4v) is 3.90. The van der Waals surface area contributed by atoms with Gasteiger partial charge in [0, 0.05) is 49.5 Å². The van der Waals surface area contributed by atoms with Gasteiger partial charge in [-0.2, -0.15) is 5.10 Å². The van der Waals surface area contributed by atoms with Gasteiger partial charge in [0.05, 0.1) is 31.5 Å². The molecule has 0 radical (unpaired) electrons. The Hall–Kier alpha value is -2.09. The summed E-state index contributed by atoms with van der Waals surface area (Å²) in [4.78, 5) is 7.28. The zero-order chi connectivity index (χ0) is 21.5. The summed E-state index contributed by atoms with van der Waals surface area (Å²) in [5.41, 5.74) is 4.60. The number of nitrogens with one attached hydrogen (secondary N) is 2. The van der Waals surface area contributed by atoms with Crippen LogP contribution in [0.4, 0.5) is 0 Å². The van der Waals surface area contributed by atoms with Crippen molar-refractivity contribution in [3.63, 3.8) is 0 Å². The van der Waals surface area contributed by atoms with Gasteiger partial charge in [-0.1, -0.05) is 23.7 Å². The number of aryl methyl sites for hydroxylation is 2. The fraction of sp³-hybridized carbons (Fsp3) is 0.545. The largest absolute Gasteiger partial charge is 0.379 e. The number of aromatic nitrogens is 2. The molecule has 2 N–H and O–H groups in total. The van der Waals surface area contributed by atoms with Crippen LogP contribution in [0.3, 0.4) is 0 Å². The van der Waals surface area contributed by atoms with Gasteiger partial charge in [-0.25, -0.2) is 4.99 Å². The van der Waals surface area contributed by atoms with Crippen LogP contribution in [0.5, 0.6) is 0 Å². The van der Waals surface area contributed by atoms with E-state index in [4.69, 9.17) is 21.3 Å². The van der Waals surface area contributed by atoms with E-state index in [2.05, 4.69) is 46.6 Å². The minimum absolute atomic E-state index is 0.219. The lowest BCUT2D eigenvalue weighted by atomic mass is 10.0. The van der Waals surface area contributed by atoms with Crippen LogP contribution in [0.1, 0.15) is 35.5 Å². The molecule has 1 fully saturated rings. The Morgan fingerprint density at radius 2 is 1.90 bits per heavy atom. The molecular weight excluding hydrogens is 400 g/mol. The molecule has 0 spiro atoms. The number of halogens is 1. The van der Waals surface area contributed by atoms with Crippen LogP contribution in [0, 0.1) is 13.8 Å². The molecule has 0 saturated carbocycles. The van der Waals surface area contributed by atoms with Crippen LogP contribution < -0.4 is 10.6 Å². The van der Waals surface area contributed by atoms with Gasteiger partial charge in [0.25, 0.3) is 0 Å². The van der Waals surface area contributed by atoms with Crippen LogP contribution in [-0.2, 0) is 18.3 Å². The molecule has 164 valence electrons. The Kier molecular flexibility index (Phi) is 8.13. The minimum Gasteiger partial charge on any atom is -0.379 e. The molecule has 1 aliphatic rings. The molecular formula is C22H33ClN6O. The van der Waals surface area contributed by atoms with Gasteiger partial charge in [0.2, 0.25) is 0 Å². The third-order valence-electron chi connectivity index (χ3n) is 5.60. The first-order valence-corrected chi connectivity index (χ1v) is 11.0. The van der Waals surface area contributed by atoms with Crippen molar-refractivity contribution in [3.05, 3.63) is 51.8 Å². The first kappa shape index (κ1) is 22.6. The van der Waals surface area contributed by atoms with Crippen molar-refractivity contribution in [2.45, 2.75) is 33.4 Å². The van der Waals surface area contributed by atoms with Crippen LogP contribution in [0.15, 0.2) is 29.3 Å². The number of rotatable bonds is 7. The van der Waals surface area contributed by atoms with Crippen molar-refractivity contribution < 1.29 is 4.74 Å². The average Bonchev–Trinajstić information content (AvgIpc) is 2.99. The second-order valence-corrected chi connectivity index (χ2v) is 8.00. The molecule has 1 saturated heterocycles. The highest BCUT2D eigenvalue weighted by molar-refractivity contribution is 6.30. The van der Waals surface area contributed by atoms with E-state index in [0.717, 1.165) is 61.8 Å². The van der Waals surface area contributed by atoms with Gasteiger partial charge < -0.3 is 15.4 Å². The summed E-state index contributed by atoms with van der Waals surface area (Å²) in [5.74, 6) is 0.812. The van der Waals surface area contributed by atoms with E-state index >= 15 is 0 Å². The van der Waals surface area contributed by atoms with E-state index in [1.54, 1.807) is 0 Å². The maximum Gasteiger partial charge on any atom is 0.191 e. The summed E-state index contributed by atoms with van der Waals surface area (Å²) >= 11 is 6.11. The third-order valence-corrected chi connectivity index (χ3v) is 5.85. The normalized spacial score (nSPS) is 16.5. The van der Waals surface area contributed by atoms with Crippen molar-refractivity contribution in [2.24, 2.45) is 12.0 Å². The SMILES string of the molecule is CCNC(=NCc1c(C)nn(C)c1C)NCC(c1ccc(Cl)cc1)N1CCOCC1. The molecule has 0 amide bonds. The van der Waals surface area contributed by atoms with Crippen LogP contribution in [0.2, 0.25) is 5.02 Å². The highest BCUT2D eigenvalue weighted by Gasteiger charge is 2.23. The van der Waals surface area contributed by atoms with Crippen molar-refractivity contribution in [3.8, 4) is 0 Å². The molecule has 1 unspecified atom stereocenters. The lowest BCUT2D eigenvalue weighted by Crippen LogP contribution is -2.46. The number of morpholine rings is 1. The van der Waals surface area contributed by atoms with E-state index in [9.17, 15) is 0 Å². The Labute approximate surface area is 184 Å². The molecule has 0 bridgehead atoms. The van der Waals surface area contributed by atoms with Crippen molar-refractivity contribution in [1.29, 1.82) is 0 Å². The van der Waals surface area contributed by atoms with E-state index in [1.165, 1.54) is 11.1 Å². The number of nitrogens with zero attached hydrogens (tertiary/aromatic N) is 4. The first-order chi connectivity index (χ1) is 14.5. The third kappa shape index (κ3) is 5.74. The first-order valence-electron chi connectivity index (χ1n) is 10.6. The molecule has 3 rings (SSSR count). The lowest BCUT2D eigenvalue weighted by molar-refractivity contribution is 0.0170. The zero-order valence-corrected chi connectivity index (χ0v) is 19.2. The molecule has 2 heterocycles. The minimum atomic E-state index is 0.219. The maximum absolute atomic E-state index is 6.11. The van der Waals surface area contributed by atoms with Gasteiger partial charge in [0.15, 0.2) is 5.96 Å². The summed E-state index contributed by atoms with van der Waals surface area (Å²) in [6.07, 6.45) is 0. The molecule has 30 heavy (non-hydrogen) atoms. The molecule has 7 nitrogen and oxygen atoms in total. The van der Waals surface area contributed by atoms with Crippen molar-refractivity contribution >= 4 is 17.6 Å². The van der Waals surface area contributed by atoms with Gasteiger partial charge in [-0.3, -0.25) is 9.58 Å². The number of hydrogen-bond acceptors (Lipinski definition) is 4. The Bertz CT molecular complexity index is 842. The topological polar surface area (TPSA) is 66.7 Å². The molecule has 1 aromatic carbocycles. The van der Waals surface area contributed by atoms with Gasteiger partial charge >= 0.3 is 0 Å². The summed E-state index contributed by atoms with van der Waals surface area (Å²) in [5, 5.41) is 12.2. The predicted molar refractivity (Wildman–Crippen MR) is 122 cm³/mol. The Balaban J connectivity index is 1.73. The van der Waals surface area contributed by atoms with E-state index < -0.39 is 0 Å². The predicted octanol–water partition coefficient (Wildman–Crippen LogP) is 2.82. The van der Waals surface area contributed by atoms with Gasteiger partial charge in [-0.05, 0) is 38.5 Å². The van der Waals surface area contributed by atoms with Crippen molar-refractivity contribution in [2.75, 3.05) is 39.4 Å². The Morgan fingerprint density at radius 3 is 2.50 bits per heavy atom. The van der Waals surface area contributed by atoms with Crippen molar-refractivity contribution in [1.82, 2.24) is 25.3 Å². The number of aliphatic imine (C=N–C) groups is 1. The van der Waals surface area contributed by atoms with Crippen LogP contribution in [-0.4, -0.2) is 60.0 Å². The summed E-state index contributed by atoms with van der Waals surface area (Å²) in [6.45, 7) is 11.7. The molecule has 8 heteroatoms. The second-order valence-electron chi connectivity index (χ2n) is 7.56. The maximum atomic E-state index is 6.11. The van der Waals surface area contributed by atoms with Crippen LogP contribution in [0.25, 0.3) is 0 Å². The molecule has 1 aliphatic heterocycles. The summed E-state index contributed by atoms with van der Waals surface area (Å²) in [6, 6.07) is 8.35. The quantitative estimate of drug-likeness (QED) is 0.520. The molecule has 0 aliphatic carbocycles. The fourth-order valence-electron chi connectivity index (χ4n) is 3.77. The summed E-state index contributed by atoms with van der Waals surface area (Å²) in [7, 11) is 1.97. The van der Waals surface area contributed by atoms with E-state index in [0.29, 0.717) is 6.54 Å². The number of ether oxygens (including phenoxy) is 1. The van der Waals surface area contributed by atoms with E-state index in [1.807, 2.05) is 30.8 Å². The van der Waals surface area contributed by atoms with Crippen LogP contribution >= 0.6 is 11.6 Å². The number of benzene rings is 1. The lowest BCUT2D eigenvalue weighted by Gasteiger charge is -2.35. The Morgan fingerprint density at radius 1 is 1.20 bits per heavy atom. The summed E-state index contributed by atoms with van der Waals surface area (Å²) < 4.78 is 7.47. The van der Waals surface area contributed by atoms with E-state index in [-0.39, 0.29) is 6.04 Å². The number of guanidine groups is 1. The second kappa shape index (κ2) is 10.8. The molecule has 1 aromatic heterocycles. The number of hydrogen-bond donors (Lipinski definition) is 2. The monoisotopic (exact) mass is 432 g/mol. The highest BCUT2D eigenvalue weighted by atomic mass is 35.5. The molecule has 2 aromatic rings. The standard InChI is InChI=1S/C22H33ClN6O/c1-5-24-22(25-14-20-16(2)27-28(4)17(20)3)26-15-21(29-10-12-30-13-11-29)18-6-8-19(23)9-7-18/h6-9,21H,5,10-15H2,1-4H3,(H2,24,25,26). The van der Waals surface area contributed by atoms with Gasteiger partial charge in [0.1, 0.15) is 0 Å². The highest BCUT2D eigenvalue weighted by Crippen LogP contribution is 2.23. The smallest absolute Gasteiger partial charge is 0.191 e. The zero-order valence-electron chi connectivity index (χ0n) is 18.4.